The van der Waals surface area contributed by atoms with Crippen molar-refractivity contribution in [3.8, 4) is 0 Å². The maximum Gasteiger partial charge on any atom is 0.133 e. The first-order chi connectivity index (χ1) is 8.06. The van der Waals surface area contributed by atoms with Crippen LogP contribution in [0.3, 0.4) is 0 Å². The second-order valence-electron chi connectivity index (χ2n) is 4.48. The number of Topliss-reactive ketones (excluding diaryl/α,β-unsaturated/α-hetero) is 1. The Hall–Kier alpha value is -1.70. The fourth-order valence-corrected chi connectivity index (χ4v) is 1.95. The predicted molar refractivity (Wildman–Crippen MR) is 67.8 cm³/mol. The second-order valence-corrected chi connectivity index (χ2v) is 4.48. The average Bonchev–Trinajstić information content (AvgIpc) is 2.27. The van der Waals surface area contributed by atoms with Crippen LogP contribution < -0.4 is 0 Å². The molecular weight excluding hydrogens is 215 g/mol. The number of hydrogen-bond acceptors (Lipinski definition) is 1. The van der Waals surface area contributed by atoms with Crippen molar-refractivity contribution in [2.75, 3.05) is 0 Å². The van der Waals surface area contributed by atoms with Crippen LogP contribution in [0.4, 0.5) is 4.39 Å². The van der Waals surface area contributed by atoms with E-state index in [4.69, 9.17) is 0 Å². The molecule has 17 heavy (non-hydrogen) atoms. The third-order valence-electron chi connectivity index (χ3n) is 2.85. The third kappa shape index (κ3) is 2.70. The Labute approximate surface area is 100 Å². The quantitative estimate of drug-likeness (QED) is 0.774. The molecule has 88 valence electrons. The molecule has 0 saturated carbocycles. The van der Waals surface area contributed by atoms with Gasteiger partial charge in [-0.3, -0.25) is 4.79 Å². The van der Waals surface area contributed by atoms with Crippen molar-refractivity contribution in [3.63, 3.8) is 0 Å². The molecular formula is C15H15FO. The summed E-state index contributed by atoms with van der Waals surface area (Å²) < 4.78 is 13.8. The minimum atomic E-state index is -1.20. The van der Waals surface area contributed by atoms with E-state index in [1.807, 2.05) is 31.2 Å². The highest BCUT2D eigenvalue weighted by Gasteiger charge is 2.12. The maximum atomic E-state index is 13.8. The van der Waals surface area contributed by atoms with E-state index in [1.54, 1.807) is 6.07 Å². The van der Waals surface area contributed by atoms with Gasteiger partial charge < -0.3 is 0 Å². The number of aryl methyl sites for hydroxylation is 1. The van der Waals surface area contributed by atoms with Gasteiger partial charge in [0.2, 0.25) is 0 Å². The Morgan fingerprint density at radius 3 is 2.53 bits per heavy atom. The van der Waals surface area contributed by atoms with Gasteiger partial charge in [-0.2, -0.15) is 0 Å². The van der Waals surface area contributed by atoms with Gasteiger partial charge in [0.05, 0.1) is 0 Å². The molecule has 0 bridgehead atoms. The van der Waals surface area contributed by atoms with Crippen LogP contribution >= 0.6 is 0 Å². The van der Waals surface area contributed by atoms with Gasteiger partial charge >= 0.3 is 0 Å². The SMILES string of the molecule is CC(=O)CC(F)c1ccc2cc(C)ccc2c1. The van der Waals surface area contributed by atoms with Gasteiger partial charge in [0, 0.05) is 6.42 Å². The lowest BCUT2D eigenvalue weighted by Gasteiger charge is -2.08. The summed E-state index contributed by atoms with van der Waals surface area (Å²) in [6.07, 6.45) is -1.24. The topological polar surface area (TPSA) is 17.1 Å². The van der Waals surface area contributed by atoms with Gasteiger partial charge in [0.1, 0.15) is 12.0 Å². The van der Waals surface area contributed by atoms with Crippen molar-refractivity contribution in [1.29, 1.82) is 0 Å². The number of ketones is 1. The average molecular weight is 230 g/mol. The number of rotatable bonds is 3. The lowest BCUT2D eigenvalue weighted by Crippen LogP contribution is -1.98. The fourth-order valence-electron chi connectivity index (χ4n) is 1.95. The molecule has 2 heteroatoms. The van der Waals surface area contributed by atoms with Crippen molar-refractivity contribution < 1.29 is 9.18 Å². The highest BCUT2D eigenvalue weighted by Crippen LogP contribution is 2.25. The zero-order valence-corrected chi connectivity index (χ0v) is 10.0. The number of halogens is 1. The normalized spacial score (nSPS) is 12.6. The number of fused-ring (bicyclic) bond motifs is 1. The molecule has 0 aromatic heterocycles. The van der Waals surface area contributed by atoms with E-state index in [2.05, 4.69) is 6.07 Å². The van der Waals surface area contributed by atoms with E-state index in [0.717, 1.165) is 10.8 Å². The van der Waals surface area contributed by atoms with Crippen LogP contribution in [0.2, 0.25) is 0 Å². The Kier molecular flexibility index (Phi) is 3.23. The maximum absolute atomic E-state index is 13.8. The summed E-state index contributed by atoms with van der Waals surface area (Å²) >= 11 is 0. The van der Waals surface area contributed by atoms with E-state index in [-0.39, 0.29) is 12.2 Å². The molecule has 1 atom stereocenters. The summed E-state index contributed by atoms with van der Waals surface area (Å²) in [5.41, 5.74) is 1.77. The van der Waals surface area contributed by atoms with Gasteiger partial charge in [0.15, 0.2) is 0 Å². The summed E-state index contributed by atoms with van der Waals surface area (Å²) in [7, 11) is 0. The Balaban J connectivity index is 2.37. The summed E-state index contributed by atoms with van der Waals surface area (Å²) in [5, 5.41) is 2.11. The molecule has 2 aromatic rings. The zero-order chi connectivity index (χ0) is 12.4. The number of carbonyl (C=O) groups is 1. The molecule has 0 aliphatic heterocycles. The highest BCUT2D eigenvalue weighted by molar-refractivity contribution is 5.84. The van der Waals surface area contributed by atoms with E-state index in [9.17, 15) is 9.18 Å². The van der Waals surface area contributed by atoms with Crippen LogP contribution in [0, 0.1) is 6.92 Å². The smallest absolute Gasteiger partial charge is 0.133 e. The molecule has 1 unspecified atom stereocenters. The molecule has 0 N–H and O–H groups in total. The van der Waals surface area contributed by atoms with Crippen molar-refractivity contribution in [2.24, 2.45) is 0 Å². The second kappa shape index (κ2) is 4.66. The van der Waals surface area contributed by atoms with Crippen molar-refractivity contribution in [1.82, 2.24) is 0 Å². The third-order valence-corrected chi connectivity index (χ3v) is 2.85. The predicted octanol–water partition coefficient (Wildman–Crippen LogP) is 4.14. The lowest BCUT2D eigenvalue weighted by molar-refractivity contribution is -0.118. The first-order valence-corrected chi connectivity index (χ1v) is 5.70. The van der Waals surface area contributed by atoms with Gasteiger partial charge in [-0.25, -0.2) is 4.39 Å². The van der Waals surface area contributed by atoms with Crippen LogP contribution in [-0.4, -0.2) is 5.78 Å². The van der Waals surface area contributed by atoms with Crippen LogP contribution in [0.15, 0.2) is 36.4 Å². The minimum Gasteiger partial charge on any atom is -0.300 e. The lowest BCUT2D eigenvalue weighted by atomic mass is 10.0. The van der Waals surface area contributed by atoms with Crippen LogP contribution in [0.1, 0.15) is 30.6 Å². The molecule has 2 aromatic carbocycles. The molecule has 0 aliphatic rings. The first kappa shape index (κ1) is 11.8. The number of benzene rings is 2. The molecule has 0 amide bonds. The fraction of sp³-hybridized carbons (Fsp3) is 0.267. The number of alkyl halides is 1. The van der Waals surface area contributed by atoms with E-state index in [1.165, 1.54) is 12.5 Å². The number of carbonyl (C=O) groups excluding carboxylic acids is 1. The molecule has 0 radical (unpaired) electrons. The van der Waals surface area contributed by atoms with Crippen molar-refractivity contribution >= 4 is 16.6 Å². The first-order valence-electron chi connectivity index (χ1n) is 5.70. The van der Waals surface area contributed by atoms with Crippen LogP contribution in [0.5, 0.6) is 0 Å². The largest absolute Gasteiger partial charge is 0.300 e. The van der Waals surface area contributed by atoms with Gasteiger partial charge in [0.25, 0.3) is 0 Å². The van der Waals surface area contributed by atoms with Crippen molar-refractivity contribution in [2.45, 2.75) is 26.4 Å². The standard InChI is InChI=1S/C15H15FO/c1-10-3-4-13-9-14(6-5-12(13)7-10)15(16)8-11(2)17/h3-7,9,15H,8H2,1-2H3. The summed E-state index contributed by atoms with van der Waals surface area (Å²) in [6, 6.07) is 11.5. The minimum absolute atomic E-state index is 0.0443. The zero-order valence-electron chi connectivity index (χ0n) is 10.0. The Morgan fingerprint density at radius 1 is 1.18 bits per heavy atom. The van der Waals surface area contributed by atoms with Crippen molar-refractivity contribution in [3.05, 3.63) is 47.5 Å². The van der Waals surface area contributed by atoms with Gasteiger partial charge in [-0.1, -0.05) is 35.9 Å². The molecule has 0 fully saturated rings. The van der Waals surface area contributed by atoms with Crippen LogP contribution in [-0.2, 0) is 4.79 Å². The Bertz CT molecular complexity index is 560. The van der Waals surface area contributed by atoms with E-state index < -0.39 is 6.17 Å². The van der Waals surface area contributed by atoms with Crippen LogP contribution in [0.25, 0.3) is 10.8 Å². The summed E-state index contributed by atoms with van der Waals surface area (Å²) in [6.45, 7) is 3.44. The highest BCUT2D eigenvalue weighted by atomic mass is 19.1. The molecule has 0 saturated heterocycles. The summed E-state index contributed by atoms with van der Waals surface area (Å²) in [4.78, 5) is 10.9. The molecule has 2 rings (SSSR count). The van der Waals surface area contributed by atoms with E-state index in [0.29, 0.717) is 5.56 Å². The van der Waals surface area contributed by atoms with Gasteiger partial charge in [-0.15, -0.1) is 0 Å². The molecule has 0 spiro atoms. The van der Waals surface area contributed by atoms with E-state index >= 15 is 0 Å². The number of hydrogen-bond donors (Lipinski definition) is 0. The monoisotopic (exact) mass is 230 g/mol. The molecule has 1 nitrogen and oxygen atoms in total. The summed E-state index contributed by atoms with van der Waals surface area (Å²) in [5.74, 6) is -0.124. The van der Waals surface area contributed by atoms with Gasteiger partial charge in [-0.05, 0) is 36.2 Å². The molecule has 0 aliphatic carbocycles. The Morgan fingerprint density at radius 2 is 1.82 bits per heavy atom. The molecule has 0 heterocycles.